The first kappa shape index (κ1) is 11.0. The van der Waals surface area contributed by atoms with Crippen molar-refractivity contribution in [1.82, 2.24) is 0 Å². The number of rotatable bonds is 3. The first-order chi connectivity index (χ1) is 6.03. The second-order valence-electron chi connectivity index (χ2n) is 4.11. The average molecular weight is 204 g/mol. The summed E-state index contributed by atoms with van der Waals surface area (Å²) in [5.41, 5.74) is 5.83. The van der Waals surface area contributed by atoms with Crippen LogP contribution in [0.25, 0.3) is 0 Å². The van der Waals surface area contributed by atoms with Gasteiger partial charge in [0.1, 0.15) is 0 Å². The van der Waals surface area contributed by atoms with Crippen LogP contribution in [0.15, 0.2) is 4.36 Å². The van der Waals surface area contributed by atoms with E-state index in [1.54, 1.807) is 0 Å². The third-order valence-corrected chi connectivity index (χ3v) is 5.03. The van der Waals surface area contributed by atoms with Crippen LogP contribution < -0.4 is 5.73 Å². The van der Waals surface area contributed by atoms with Gasteiger partial charge >= 0.3 is 0 Å². The van der Waals surface area contributed by atoms with Crippen LogP contribution in [-0.4, -0.2) is 28.3 Å². The van der Waals surface area contributed by atoms with Gasteiger partial charge in [0.25, 0.3) is 0 Å². The van der Waals surface area contributed by atoms with Crippen molar-refractivity contribution in [1.29, 1.82) is 0 Å². The van der Waals surface area contributed by atoms with Crippen molar-refractivity contribution >= 4 is 9.73 Å². The molecular formula is C9H20N2OS. The molecule has 0 unspecified atom stereocenters. The summed E-state index contributed by atoms with van der Waals surface area (Å²) in [4.78, 5) is 0. The van der Waals surface area contributed by atoms with E-state index >= 15 is 0 Å². The van der Waals surface area contributed by atoms with Crippen LogP contribution in [0.5, 0.6) is 0 Å². The van der Waals surface area contributed by atoms with Gasteiger partial charge in [0.15, 0.2) is 0 Å². The van der Waals surface area contributed by atoms with E-state index in [0.29, 0.717) is 12.5 Å². The molecule has 0 spiro atoms. The van der Waals surface area contributed by atoms with Crippen molar-refractivity contribution in [2.45, 2.75) is 32.7 Å². The summed E-state index contributed by atoms with van der Waals surface area (Å²) in [5, 5.41) is 0. The maximum atomic E-state index is 11.9. The molecule has 13 heavy (non-hydrogen) atoms. The molecule has 1 atom stereocenters. The Morgan fingerprint density at radius 1 is 1.38 bits per heavy atom. The van der Waals surface area contributed by atoms with E-state index in [4.69, 9.17) is 5.73 Å². The van der Waals surface area contributed by atoms with E-state index in [9.17, 15) is 4.21 Å². The Bertz CT molecular complexity index is 255. The van der Waals surface area contributed by atoms with Crippen molar-refractivity contribution in [3.8, 4) is 0 Å². The average Bonchev–Trinajstić information content (AvgIpc) is 2.48. The Morgan fingerprint density at radius 3 is 2.38 bits per heavy atom. The van der Waals surface area contributed by atoms with Gasteiger partial charge in [0.2, 0.25) is 0 Å². The lowest BCUT2D eigenvalue weighted by Crippen LogP contribution is -2.30. The summed E-state index contributed by atoms with van der Waals surface area (Å²) in [7, 11) is -1.84. The smallest absolute Gasteiger partial charge is 0.0638 e. The third-order valence-electron chi connectivity index (χ3n) is 2.55. The second kappa shape index (κ2) is 4.42. The molecule has 0 aliphatic carbocycles. The Kier molecular flexibility index (Phi) is 3.74. The summed E-state index contributed by atoms with van der Waals surface area (Å²) < 4.78 is 16.2. The lowest BCUT2D eigenvalue weighted by Gasteiger charge is -2.12. The molecule has 0 bridgehead atoms. The van der Waals surface area contributed by atoms with Gasteiger partial charge in [0, 0.05) is 27.3 Å². The summed E-state index contributed by atoms with van der Waals surface area (Å²) in [6.45, 7) is 4.71. The van der Waals surface area contributed by atoms with Crippen molar-refractivity contribution < 1.29 is 4.21 Å². The highest BCUT2D eigenvalue weighted by molar-refractivity contribution is 7.93. The molecule has 78 valence electrons. The van der Waals surface area contributed by atoms with E-state index in [2.05, 4.69) is 18.2 Å². The topological polar surface area (TPSA) is 55.4 Å². The molecule has 0 aromatic carbocycles. The Balaban J connectivity index is 2.52. The van der Waals surface area contributed by atoms with Crippen molar-refractivity contribution in [2.75, 3.05) is 18.1 Å². The molecule has 0 aromatic heterocycles. The molecule has 1 aliphatic heterocycles. The van der Waals surface area contributed by atoms with Crippen LogP contribution in [0.3, 0.4) is 0 Å². The van der Waals surface area contributed by atoms with Gasteiger partial charge < -0.3 is 5.73 Å². The second-order valence-corrected chi connectivity index (χ2v) is 6.73. The molecule has 1 heterocycles. The number of nitrogens with two attached hydrogens (primary N) is 1. The minimum absolute atomic E-state index is 0.0684. The van der Waals surface area contributed by atoms with Crippen molar-refractivity contribution in [3.05, 3.63) is 0 Å². The zero-order chi connectivity index (χ0) is 9.90. The zero-order valence-corrected chi connectivity index (χ0v) is 9.35. The molecule has 2 N–H and O–H groups in total. The van der Waals surface area contributed by atoms with Gasteiger partial charge in [-0.1, -0.05) is 13.8 Å². The quantitative estimate of drug-likeness (QED) is 0.752. The predicted molar refractivity (Wildman–Crippen MR) is 57.2 cm³/mol. The van der Waals surface area contributed by atoms with Gasteiger partial charge in [0.05, 0.1) is 6.54 Å². The van der Waals surface area contributed by atoms with E-state index in [1.807, 2.05) is 0 Å². The van der Waals surface area contributed by atoms with Crippen LogP contribution in [0.4, 0.5) is 0 Å². The Labute approximate surface area is 81.3 Å². The highest BCUT2D eigenvalue weighted by atomic mass is 32.2. The number of hydrogen-bond donors (Lipinski definition) is 1. The minimum atomic E-state index is -1.84. The summed E-state index contributed by atoms with van der Waals surface area (Å²) >= 11 is 0. The molecule has 1 saturated heterocycles. The standard InChI is InChI=1S/C9H20N2OS/c1-8(2)9(10)7-11-13(12)5-3-4-6-13/h8-9H,3-7,10H2,1-2H3/t9-/m1/s1. The van der Waals surface area contributed by atoms with E-state index in [-0.39, 0.29) is 6.04 Å². The van der Waals surface area contributed by atoms with Crippen LogP contribution in [-0.2, 0) is 9.73 Å². The highest BCUT2D eigenvalue weighted by Gasteiger charge is 2.16. The van der Waals surface area contributed by atoms with E-state index in [1.165, 1.54) is 0 Å². The van der Waals surface area contributed by atoms with Gasteiger partial charge in [-0.2, -0.15) is 0 Å². The Morgan fingerprint density at radius 2 is 1.92 bits per heavy atom. The molecule has 0 amide bonds. The van der Waals surface area contributed by atoms with E-state index < -0.39 is 9.73 Å². The SMILES string of the molecule is CC(C)[C@H](N)CN=S1(=O)CCCC1. The Hall–Kier alpha value is -0.0900. The largest absolute Gasteiger partial charge is 0.326 e. The summed E-state index contributed by atoms with van der Waals surface area (Å²) in [6.07, 6.45) is 2.14. The zero-order valence-electron chi connectivity index (χ0n) is 8.53. The first-order valence-corrected chi connectivity index (χ1v) is 6.83. The van der Waals surface area contributed by atoms with Crippen molar-refractivity contribution in [2.24, 2.45) is 16.0 Å². The normalized spacial score (nSPS) is 23.4. The lowest BCUT2D eigenvalue weighted by atomic mass is 10.1. The number of nitrogens with zero attached hydrogens (tertiary/aromatic N) is 1. The molecular weight excluding hydrogens is 184 g/mol. The molecule has 4 heteroatoms. The van der Waals surface area contributed by atoms with Gasteiger partial charge in [-0.25, -0.2) is 8.57 Å². The monoisotopic (exact) mass is 204 g/mol. The van der Waals surface area contributed by atoms with Gasteiger partial charge in [-0.3, -0.25) is 0 Å². The molecule has 1 fully saturated rings. The fourth-order valence-electron chi connectivity index (χ4n) is 1.32. The minimum Gasteiger partial charge on any atom is -0.326 e. The molecule has 3 nitrogen and oxygen atoms in total. The number of hydrogen-bond acceptors (Lipinski definition) is 3. The third kappa shape index (κ3) is 3.27. The predicted octanol–water partition coefficient (Wildman–Crippen LogP) is 1.23. The maximum Gasteiger partial charge on any atom is 0.0638 e. The van der Waals surface area contributed by atoms with Crippen LogP contribution >= 0.6 is 0 Å². The fraction of sp³-hybridized carbons (Fsp3) is 1.00. The lowest BCUT2D eigenvalue weighted by molar-refractivity contribution is 0.502. The van der Waals surface area contributed by atoms with Gasteiger partial charge in [-0.05, 0) is 18.8 Å². The molecule has 0 radical (unpaired) electrons. The van der Waals surface area contributed by atoms with Crippen LogP contribution in [0.1, 0.15) is 26.7 Å². The molecule has 0 aromatic rings. The van der Waals surface area contributed by atoms with E-state index in [0.717, 1.165) is 24.3 Å². The van der Waals surface area contributed by atoms with Crippen LogP contribution in [0.2, 0.25) is 0 Å². The highest BCUT2D eigenvalue weighted by Crippen LogP contribution is 2.13. The summed E-state index contributed by atoms with van der Waals surface area (Å²) in [6, 6.07) is 0.0684. The first-order valence-electron chi connectivity index (χ1n) is 4.97. The molecule has 1 rings (SSSR count). The van der Waals surface area contributed by atoms with Crippen molar-refractivity contribution in [3.63, 3.8) is 0 Å². The molecule has 1 aliphatic rings. The maximum absolute atomic E-state index is 11.9. The fourth-order valence-corrected chi connectivity index (χ4v) is 3.54. The summed E-state index contributed by atoms with van der Waals surface area (Å²) in [5.74, 6) is 2.00. The van der Waals surface area contributed by atoms with Crippen LogP contribution in [0, 0.1) is 5.92 Å². The molecule has 0 saturated carbocycles. The van der Waals surface area contributed by atoms with Gasteiger partial charge in [-0.15, -0.1) is 0 Å².